The highest BCUT2D eigenvalue weighted by molar-refractivity contribution is 5.05. The van der Waals surface area contributed by atoms with Crippen LogP contribution in [0, 0.1) is 11.3 Å². The normalized spacial score (nSPS) is 51.4. The summed E-state index contributed by atoms with van der Waals surface area (Å²) in [6, 6.07) is 0. The third kappa shape index (κ3) is 0.400. The predicted molar refractivity (Wildman–Crippen MR) is 28.4 cm³/mol. The molecule has 46 valence electrons. The lowest BCUT2D eigenvalue weighted by atomic mass is 10.1. The third-order valence-electron chi connectivity index (χ3n) is 2.38. The van der Waals surface area contributed by atoms with Crippen molar-refractivity contribution in [2.45, 2.75) is 6.42 Å². The van der Waals surface area contributed by atoms with E-state index in [1.807, 2.05) is 0 Å². The molecule has 8 heavy (non-hydrogen) atoms. The largest absolute Gasteiger partial charge is 0.396 e. The Morgan fingerprint density at radius 1 is 1.75 bits per heavy atom. The molecule has 1 heterocycles. The molecule has 1 saturated carbocycles. The molecule has 1 aliphatic carbocycles. The fraction of sp³-hybridized carbons (Fsp3) is 1.00. The number of fused-ring (bicyclic) bond motifs is 1. The van der Waals surface area contributed by atoms with Crippen LogP contribution in [0.15, 0.2) is 0 Å². The van der Waals surface area contributed by atoms with Crippen LogP contribution in [0.5, 0.6) is 0 Å². The highest BCUT2D eigenvalue weighted by Gasteiger charge is 2.57. The van der Waals surface area contributed by atoms with Crippen molar-refractivity contribution in [1.82, 2.24) is 0 Å². The predicted octanol–water partition coefficient (Wildman–Crippen LogP) is 0.0152. The van der Waals surface area contributed by atoms with Gasteiger partial charge in [0.15, 0.2) is 0 Å². The van der Waals surface area contributed by atoms with Crippen molar-refractivity contribution in [1.29, 1.82) is 0 Å². The van der Waals surface area contributed by atoms with Gasteiger partial charge in [0.05, 0.1) is 19.8 Å². The molecule has 2 aliphatic rings. The standard InChI is InChI=1S/C6H10O2/c7-3-6-1-5(6)2-8-4-6/h5,7H,1-4H2/t5-,6-/m1/s1. The molecule has 0 aromatic carbocycles. The third-order valence-corrected chi connectivity index (χ3v) is 2.38. The van der Waals surface area contributed by atoms with Crippen molar-refractivity contribution in [2.75, 3.05) is 19.8 Å². The number of aliphatic hydroxyl groups is 1. The van der Waals surface area contributed by atoms with Crippen molar-refractivity contribution < 1.29 is 9.84 Å². The van der Waals surface area contributed by atoms with Crippen LogP contribution >= 0.6 is 0 Å². The maximum Gasteiger partial charge on any atom is 0.0548 e. The van der Waals surface area contributed by atoms with Gasteiger partial charge in [0.1, 0.15) is 0 Å². The van der Waals surface area contributed by atoms with E-state index in [1.165, 1.54) is 6.42 Å². The molecule has 2 atom stereocenters. The molecule has 1 aliphatic heterocycles. The van der Waals surface area contributed by atoms with Crippen LogP contribution < -0.4 is 0 Å². The lowest BCUT2D eigenvalue weighted by Gasteiger charge is -2.02. The van der Waals surface area contributed by atoms with E-state index in [0.717, 1.165) is 13.2 Å². The lowest BCUT2D eigenvalue weighted by molar-refractivity contribution is 0.117. The van der Waals surface area contributed by atoms with Crippen molar-refractivity contribution in [3.8, 4) is 0 Å². The summed E-state index contributed by atoms with van der Waals surface area (Å²) in [6.07, 6.45) is 1.20. The van der Waals surface area contributed by atoms with Crippen LogP contribution in [0.2, 0.25) is 0 Å². The molecular formula is C6H10O2. The van der Waals surface area contributed by atoms with Gasteiger partial charge in [0, 0.05) is 5.41 Å². The number of rotatable bonds is 1. The maximum absolute atomic E-state index is 8.79. The topological polar surface area (TPSA) is 29.5 Å². The summed E-state index contributed by atoms with van der Waals surface area (Å²) in [5.74, 6) is 0.701. The molecule has 2 rings (SSSR count). The molecule has 0 amide bonds. The summed E-state index contributed by atoms with van der Waals surface area (Å²) in [4.78, 5) is 0. The molecule has 2 fully saturated rings. The van der Waals surface area contributed by atoms with Gasteiger partial charge in [0.2, 0.25) is 0 Å². The van der Waals surface area contributed by atoms with Crippen LogP contribution in [-0.4, -0.2) is 24.9 Å². The molecular weight excluding hydrogens is 104 g/mol. The number of aliphatic hydroxyl groups excluding tert-OH is 1. The summed E-state index contributed by atoms with van der Waals surface area (Å²) >= 11 is 0. The monoisotopic (exact) mass is 114 g/mol. The van der Waals surface area contributed by atoms with E-state index in [1.54, 1.807) is 0 Å². The Morgan fingerprint density at radius 3 is 2.88 bits per heavy atom. The number of hydrogen-bond donors (Lipinski definition) is 1. The molecule has 1 N–H and O–H groups in total. The highest BCUT2D eigenvalue weighted by Crippen LogP contribution is 2.56. The molecule has 0 bridgehead atoms. The van der Waals surface area contributed by atoms with E-state index >= 15 is 0 Å². The lowest BCUT2D eigenvalue weighted by Crippen LogP contribution is -2.09. The second-order valence-corrected chi connectivity index (χ2v) is 2.94. The summed E-state index contributed by atoms with van der Waals surface area (Å²) < 4.78 is 5.14. The Kier molecular flexibility index (Phi) is 0.746. The quantitative estimate of drug-likeness (QED) is 0.520. The second kappa shape index (κ2) is 1.25. The molecule has 0 aromatic rings. The first-order chi connectivity index (χ1) is 3.87. The molecule has 2 nitrogen and oxygen atoms in total. The van der Waals surface area contributed by atoms with Crippen LogP contribution in [0.1, 0.15) is 6.42 Å². The zero-order chi connectivity index (χ0) is 5.61. The van der Waals surface area contributed by atoms with Crippen LogP contribution in [-0.2, 0) is 4.74 Å². The van der Waals surface area contributed by atoms with E-state index in [4.69, 9.17) is 9.84 Å². The van der Waals surface area contributed by atoms with E-state index < -0.39 is 0 Å². The van der Waals surface area contributed by atoms with Crippen molar-refractivity contribution in [3.05, 3.63) is 0 Å². The average molecular weight is 114 g/mol. The van der Waals surface area contributed by atoms with Crippen molar-refractivity contribution in [2.24, 2.45) is 11.3 Å². The summed E-state index contributed by atoms with van der Waals surface area (Å²) in [7, 11) is 0. The second-order valence-electron chi connectivity index (χ2n) is 2.94. The fourth-order valence-electron chi connectivity index (χ4n) is 1.49. The molecule has 0 radical (unpaired) electrons. The van der Waals surface area contributed by atoms with Gasteiger partial charge in [0.25, 0.3) is 0 Å². The van der Waals surface area contributed by atoms with Crippen molar-refractivity contribution in [3.63, 3.8) is 0 Å². The van der Waals surface area contributed by atoms with Crippen LogP contribution in [0.25, 0.3) is 0 Å². The smallest absolute Gasteiger partial charge is 0.0548 e. The molecule has 1 saturated heterocycles. The van der Waals surface area contributed by atoms with E-state index in [-0.39, 0.29) is 5.41 Å². The highest BCUT2D eigenvalue weighted by atomic mass is 16.5. The number of hydrogen-bond acceptors (Lipinski definition) is 2. The molecule has 0 aromatic heterocycles. The zero-order valence-electron chi connectivity index (χ0n) is 4.76. The Morgan fingerprint density at radius 2 is 2.62 bits per heavy atom. The van der Waals surface area contributed by atoms with Gasteiger partial charge in [-0.15, -0.1) is 0 Å². The number of ether oxygens (including phenoxy) is 1. The first kappa shape index (κ1) is 4.77. The minimum Gasteiger partial charge on any atom is -0.396 e. The van der Waals surface area contributed by atoms with Gasteiger partial charge in [-0.05, 0) is 12.3 Å². The van der Waals surface area contributed by atoms with E-state index in [0.29, 0.717) is 12.5 Å². The van der Waals surface area contributed by atoms with Gasteiger partial charge in [-0.25, -0.2) is 0 Å². The Bertz CT molecular complexity index is 109. The Hall–Kier alpha value is -0.0800. The Labute approximate surface area is 48.5 Å². The van der Waals surface area contributed by atoms with Crippen LogP contribution in [0.3, 0.4) is 0 Å². The summed E-state index contributed by atoms with van der Waals surface area (Å²) in [6.45, 7) is 2.02. The van der Waals surface area contributed by atoms with E-state index in [9.17, 15) is 0 Å². The van der Waals surface area contributed by atoms with Gasteiger partial charge >= 0.3 is 0 Å². The minimum absolute atomic E-state index is 0.236. The zero-order valence-corrected chi connectivity index (χ0v) is 4.76. The average Bonchev–Trinajstić information content (AvgIpc) is 2.38. The van der Waals surface area contributed by atoms with Gasteiger partial charge in [-0.2, -0.15) is 0 Å². The fourth-order valence-corrected chi connectivity index (χ4v) is 1.49. The molecule has 0 spiro atoms. The van der Waals surface area contributed by atoms with Gasteiger partial charge < -0.3 is 9.84 Å². The SMILES string of the molecule is OC[C@]12COC[C@H]1C2. The van der Waals surface area contributed by atoms with Gasteiger partial charge in [-0.3, -0.25) is 0 Å². The minimum atomic E-state index is 0.236. The Balaban J connectivity index is 2.08. The first-order valence-corrected chi connectivity index (χ1v) is 3.06. The van der Waals surface area contributed by atoms with Crippen molar-refractivity contribution >= 4 is 0 Å². The molecule has 0 unspecified atom stereocenters. The molecule has 2 heteroatoms. The maximum atomic E-state index is 8.79. The van der Waals surface area contributed by atoms with E-state index in [2.05, 4.69) is 0 Å². The first-order valence-electron chi connectivity index (χ1n) is 3.06. The van der Waals surface area contributed by atoms with Gasteiger partial charge in [-0.1, -0.05) is 0 Å². The van der Waals surface area contributed by atoms with Crippen LogP contribution in [0.4, 0.5) is 0 Å². The summed E-state index contributed by atoms with van der Waals surface area (Å²) in [5.41, 5.74) is 0.236. The summed E-state index contributed by atoms with van der Waals surface area (Å²) in [5, 5.41) is 8.79.